The molecule has 0 amide bonds. The molecule has 0 N–H and O–H groups in total. The van der Waals surface area contributed by atoms with Crippen molar-refractivity contribution >= 4 is 47.5 Å². The Bertz CT molecular complexity index is 1170. The van der Waals surface area contributed by atoms with Gasteiger partial charge >= 0.3 is 0 Å². The highest BCUT2D eigenvalue weighted by Crippen LogP contribution is 2.54. The number of benzene rings is 2. The number of rotatable bonds is 3. The van der Waals surface area contributed by atoms with E-state index >= 15 is 0 Å². The number of hydrogen-bond acceptors (Lipinski definition) is 1. The highest BCUT2D eigenvalue weighted by Gasteiger charge is 2.47. The zero-order valence-corrected chi connectivity index (χ0v) is 20.7. The van der Waals surface area contributed by atoms with E-state index in [-0.39, 0.29) is 0 Å². The van der Waals surface area contributed by atoms with Gasteiger partial charge in [-0.25, -0.2) is 0 Å². The zero-order chi connectivity index (χ0) is 20.3. The van der Waals surface area contributed by atoms with Gasteiger partial charge in [0, 0.05) is 20.4 Å². The summed E-state index contributed by atoms with van der Waals surface area (Å²) in [6.45, 7) is 9.89. The fourth-order valence-electron chi connectivity index (χ4n) is 5.85. The average Bonchev–Trinajstić information content (AvgIpc) is 3.37. The minimum absolute atomic E-state index is 0.552. The first kappa shape index (κ1) is 19.3. The molecule has 1 heterocycles. The maximum absolute atomic E-state index is 3.78. The van der Waals surface area contributed by atoms with Crippen molar-refractivity contribution in [1.29, 1.82) is 0 Å². The lowest BCUT2D eigenvalue weighted by Crippen LogP contribution is -2.42. The monoisotopic (exact) mass is 476 g/mol. The summed E-state index contributed by atoms with van der Waals surface area (Å²) in [5.41, 5.74) is 11.5. The molecule has 3 aromatic rings. The van der Waals surface area contributed by atoms with Crippen molar-refractivity contribution in [2.45, 2.75) is 38.0 Å². The second-order valence-electron chi connectivity index (χ2n) is 8.99. The molecule has 146 valence electrons. The molecule has 0 bridgehead atoms. The Hall–Kier alpha value is -1.68. The van der Waals surface area contributed by atoms with Crippen molar-refractivity contribution in [3.05, 3.63) is 91.8 Å². The Morgan fingerprint density at radius 1 is 0.793 bits per heavy atom. The number of thiophene rings is 1. The second kappa shape index (κ2) is 6.94. The Kier molecular flexibility index (Phi) is 4.61. The van der Waals surface area contributed by atoms with E-state index in [4.69, 9.17) is 0 Å². The topological polar surface area (TPSA) is 0 Å². The molecule has 0 aliphatic heterocycles. The molecule has 5 rings (SSSR count). The van der Waals surface area contributed by atoms with E-state index in [1.54, 1.807) is 5.56 Å². The van der Waals surface area contributed by atoms with Gasteiger partial charge in [-0.1, -0.05) is 88.7 Å². The van der Waals surface area contributed by atoms with Gasteiger partial charge in [-0.05, 0) is 59.2 Å². The van der Waals surface area contributed by atoms with Crippen LogP contribution in [0.2, 0.25) is 13.1 Å². The first-order chi connectivity index (χ1) is 13.9. The molecule has 0 saturated heterocycles. The summed E-state index contributed by atoms with van der Waals surface area (Å²) in [6, 6.07) is 18.1. The molecule has 2 aliphatic rings. The molecule has 2 aliphatic carbocycles. The minimum atomic E-state index is -1.75. The van der Waals surface area contributed by atoms with Crippen LogP contribution in [0.1, 0.15) is 47.2 Å². The summed E-state index contributed by atoms with van der Waals surface area (Å²) < 4.78 is 1.22. The van der Waals surface area contributed by atoms with Gasteiger partial charge in [0.2, 0.25) is 0 Å². The molecule has 0 spiro atoms. The molecule has 29 heavy (non-hydrogen) atoms. The highest BCUT2D eigenvalue weighted by molar-refractivity contribution is 9.10. The van der Waals surface area contributed by atoms with Gasteiger partial charge in [-0.2, -0.15) is 0 Å². The van der Waals surface area contributed by atoms with E-state index in [1.165, 1.54) is 42.7 Å². The summed E-state index contributed by atoms with van der Waals surface area (Å²) in [7, 11) is -1.75. The Morgan fingerprint density at radius 2 is 1.41 bits per heavy atom. The maximum atomic E-state index is 3.78. The van der Waals surface area contributed by atoms with Gasteiger partial charge in [-0.15, -0.1) is 11.3 Å². The van der Waals surface area contributed by atoms with Crippen LogP contribution in [0.3, 0.4) is 0 Å². The van der Waals surface area contributed by atoms with Gasteiger partial charge in [0.15, 0.2) is 0 Å². The largest absolute Gasteiger partial charge is 0.144 e. The van der Waals surface area contributed by atoms with E-state index in [2.05, 4.69) is 109 Å². The Balaban J connectivity index is 1.64. The van der Waals surface area contributed by atoms with Gasteiger partial charge in [0.05, 0.1) is 8.07 Å². The van der Waals surface area contributed by atoms with Gasteiger partial charge < -0.3 is 0 Å². The van der Waals surface area contributed by atoms with Crippen LogP contribution in [-0.2, 0) is 0 Å². The molecule has 1 aromatic heterocycles. The van der Waals surface area contributed by atoms with Crippen molar-refractivity contribution in [2.75, 3.05) is 0 Å². The zero-order valence-electron chi connectivity index (χ0n) is 17.3. The normalized spacial score (nSPS) is 20.3. The molecule has 2 unspecified atom stereocenters. The minimum Gasteiger partial charge on any atom is -0.144 e. The molecular weight excluding hydrogens is 452 g/mol. The Labute approximate surface area is 187 Å². The molecule has 0 radical (unpaired) electrons. The van der Waals surface area contributed by atoms with E-state index in [0.717, 1.165) is 0 Å². The Morgan fingerprint density at radius 3 is 2.07 bits per heavy atom. The van der Waals surface area contributed by atoms with Crippen LogP contribution in [0.5, 0.6) is 0 Å². The van der Waals surface area contributed by atoms with Crippen LogP contribution >= 0.6 is 27.3 Å². The van der Waals surface area contributed by atoms with Crippen molar-refractivity contribution in [1.82, 2.24) is 0 Å². The summed E-state index contributed by atoms with van der Waals surface area (Å²) in [4.78, 5) is 1.37. The lowest BCUT2D eigenvalue weighted by Gasteiger charge is -2.39. The van der Waals surface area contributed by atoms with Gasteiger partial charge in [0.25, 0.3) is 0 Å². The molecule has 0 fully saturated rings. The summed E-state index contributed by atoms with van der Waals surface area (Å²) in [5, 5.41) is 2.18. The predicted molar refractivity (Wildman–Crippen MR) is 134 cm³/mol. The second-order valence-corrected chi connectivity index (χ2v) is 15.6. The fraction of sp³-hybridized carbons (Fsp3) is 0.231. The van der Waals surface area contributed by atoms with Gasteiger partial charge in [0.1, 0.15) is 0 Å². The average molecular weight is 478 g/mol. The number of fused-ring (bicyclic) bond motifs is 2. The lowest BCUT2D eigenvalue weighted by atomic mass is 10.0. The van der Waals surface area contributed by atoms with Crippen LogP contribution in [0.4, 0.5) is 0 Å². The van der Waals surface area contributed by atoms with Crippen LogP contribution in [0.25, 0.3) is 22.6 Å². The first-order valence-electron chi connectivity index (χ1n) is 10.2. The van der Waals surface area contributed by atoms with E-state index < -0.39 is 8.07 Å². The van der Waals surface area contributed by atoms with Crippen LogP contribution in [-0.4, -0.2) is 8.07 Å². The summed E-state index contributed by atoms with van der Waals surface area (Å²) in [5.74, 6) is 0. The quantitative estimate of drug-likeness (QED) is 0.331. The number of allylic oxidation sites excluding steroid dienone is 2. The summed E-state index contributed by atoms with van der Waals surface area (Å²) in [6.07, 6.45) is 4.88. The lowest BCUT2D eigenvalue weighted by molar-refractivity contribution is 0.968. The van der Waals surface area contributed by atoms with E-state index in [9.17, 15) is 0 Å². The predicted octanol–water partition coefficient (Wildman–Crippen LogP) is 8.67. The third kappa shape index (κ3) is 2.89. The van der Waals surface area contributed by atoms with Gasteiger partial charge in [-0.3, -0.25) is 0 Å². The van der Waals surface area contributed by atoms with Crippen molar-refractivity contribution in [3.63, 3.8) is 0 Å². The standard InChI is InChI=1S/C26H25BrSSi/c1-16-14-21-18(24-12-7-13-28-24)8-5-9-19(21)25(16)29(3,4)26-17(2)15-22-20(26)10-6-11-23(22)27/h5-15,25-26H,1-4H3. The van der Waals surface area contributed by atoms with Crippen LogP contribution in [0, 0.1) is 0 Å². The molecular formula is C26H25BrSSi. The molecule has 2 aromatic carbocycles. The number of hydrogen-bond donors (Lipinski definition) is 0. The smallest absolute Gasteiger partial charge is 0.0722 e. The molecule has 0 nitrogen and oxygen atoms in total. The maximum Gasteiger partial charge on any atom is 0.0722 e. The first-order valence-corrected chi connectivity index (χ1v) is 15.0. The third-order valence-electron chi connectivity index (χ3n) is 6.78. The number of halogens is 1. The van der Waals surface area contributed by atoms with E-state index in [1.807, 2.05) is 11.3 Å². The fourth-order valence-corrected chi connectivity index (χ4v) is 12.1. The highest BCUT2D eigenvalue weighted by atomic mass is 79.9. The van der Waals surface area contributed by atoms with Crippen LogP contribution in [0.15, 0.2) is 69.5 Å². The molecule has 0 saturated carbocycles. The SMILES string of the molecule is CC1=Cc2c(Br)cccc2C1[Si](C)(C)C1C(C)=Cc2c(-c3cccs3)cccc21. The van der Waals surface area contributed by atoms with E-state index in [0.29, 0.717) is 11.1 Å². The molecule has 2 atom stereocenters. The third-order valence-corrected chi connectivity index (χ3v) is 12.9. The van der Waals surface area contributed by atoms with Crippen molar-refractivity contribution in [2.24, 2.45) is 0 Å². The van der Waals surface area contributed by atoms with Crippen molar-refractivity contribution < 1.29 is 0 Å². The summed E-state index contributed by atoms with van der Waals surface area (Å²) >= 11 is 5.62. The van der Waals surface area contributed by atoms with Crippen LogP contribution < -0.4 is 0 Å². The molecule has 3 heteroatoms. The van der Waals surface area contributed by atoms with Crippen molar-refractivity contribution in [3.8, 4) is 10.4 Å².